The van der Waals surface area contributed by atoms with Gasteiger partial charge in [-0.25, -0.2) is 4.79 Å². The first-order chi connectivity index (χ1) is 40.4. The highest BCUT2D eigenvalue weighted by Crippen LogP contribution is 2.15. The lowest BCUT2D eigenvalue weighted by Crippen LogP contribution is -2.61. The van der Waals surface area contributed by atoms with Crippen molar-refractivity contribution in [2.45, 2.75) is 154 Å². The summed E-state index contributed by atoms with van der Waals surface area (Å²) < 4.78 is 0. The van der Waals surface area contributed by atoms with E-state index in [1.807, 2.05) is 13.8 Å². The molecule has 0 saturated heterocycles. The van der Waals surface area contributed by atoms with Crippen LogP contribution < -0.4 is 70.4 Å². The third-order valence-corrected chi connectivity index (χ3v) is 13.2. The Labute approximate surface area is 504 Å². The van der Waals surface area contributed by atoms with Crippen molar-refractivity contribution in [3.05, 3.63) is 65.7 Å². The van der Waals surface area contributed by atoms with Gasteiger partial charge in [0.1, 0.15) is 54.1 Å². The highest BCUT2D eigenvalue weighted by molar-refractivity contribution is 7.80. The Bertz CT molecular complexity index is 2660. The molecule has 2 rings (SSSR count). The first-order valence-electron chi connectivity index (χ1n) is 28.1. The van der Waals surface area contributed by atoms with Crippen molar-refractivity contribution < 1.29 is 72.9 Å². The van der Waals surface area contributed by atoms with Crippen LogP contribution in [0.25, 0.3) is 0 Å². The number of carboxylic acid groups (broad SMARTS) is 2. The Balaban J connectivity index is 2.24. The number of rotatable bonds is 38. The zero-order valence-corrected chi connectivity index (χ0v) is 50.4. The SMILES string of the molecule is CC(C)C[C@H](NC(=O)[C@H](C)N)C(=O)N[C@@H](Cc1ccc(O)cc1)C(=O)N[C@@H](CC(C)C)C(=O)N[C@H](C(=O)N[C@@H](CS)C(=O)NCC(=O)N[C@@H](CCC(=O)O)C(=O)N[C@@H](CCCN=C(N)N)C(=O)NCC(=O)N[C@@H](Cc1ccccc1)C(=O)O)C(C)C. The van der Waals surface area contributed by atoms with Gasteiger partial charge in [-0.3, -0.25) is 57.7 Å². The summed E-state index contributed by atoms with van der Waals surface area (Å²) in [6.45, 7) is 10.3. The molecule has 29 nitrogen and oxygen atoms in total. The molecule has 2 aromatic carbocycles. The van der Waals surface area contributed by atoms with Crippen LogP contribution in [0.3, 0.4) is 0 Å². The van der Waals surface area contributed by atoms with Crippen LogP contribution in [-0.2, 0) is 70.4 Å². The molecule has 2 aromatic rings. The van der Waals surface area contributed by atoms with Gasteiger partial charge in [-0.1, -0.05) is 84.0 Å². The number of aliphatic carboxylic acids is 2. The summed E-state index contributed by atoms with van der Waals surface area (Å²) >= 11 is 4.21. The Hall–Kier alpha value is -8.54. The van der Waals surface area contributed by atoms with Crippen LogP contribution in [0.2, 0.25) is 0 Å². The maximum atomic E-state index is 14.2. The van der Waals surface area contributed by atoms with Crippen molar-refractivity contribution in [1.82, 2.24) is 53.2 Å². The molecule has 0 fully saturated rings. The minimum atomic E-state index is -1.62. The molecule has 86 heavy (non-hydrogen) atoms. The Morgan fingerprint density at radius 1 is 0.512 bits per heavy atom. The number of carboxylic acids is 2. The van der Waals surface area contributed by atoms with E-state index in [1.54, 1.807) is 70.2 Å². The van der Waals surface area contributed by atoms with E-state index in [1.165, 1.54) is 19.1 Å². The van der Waals surface area contributed by atoms with Gasteiger partial charge in [0.05, 0.1) is 19.1 Å². The molecule has 19 N–H and O–H groups in total. The van der Waals surface area contributed by atoms with Crippen LogP contribution in [0.15, 0.2) is 59.6 Å². The molecule has 10 amide bonds. The van der Waals surface area contributed by atoms with Crippen molar-refractivity contribution in [3.8, 4) is 5.75 Å². The van der Waals surface area contributed by atoms with Crippen molar-refractivity contribution in [2.24, 2.45) is 39.9 Å². The number of hydrogen-bond donors (Lipinski definition) is 17. The summed E-state index contributed by atoms with van der Waals surface area (Å²) in [7, 11) is 0. The number of aromatic hydroxyl groups is 1. The van der Waals surface area contributed by atoms with Gasteiger partial charge in [0.2, 0.25) is 59.1 Å². The first kappa shape index (κ1) is 73.6. The molecule has 0 aliphatic rings. The molecule has 0 aliphatic carbocycles. The standard InChI is InChI=1S/C56H86N14O15S/c1-29(2)22-38(66-47(76)32(7)57)51(80)68-40(24-34-15-17-35(71)18-16-34)52(81)67-39(23-30(3)4)53(82)70-46(31(5)6)54(83)69-42(28-86)49(78)62-26-43(72)63-37(19-20-45(74)75)50(79)65-36(14-11-21-60-56(58)59)48(77)61-27-44(73)64-41(55(84)85)25-33-12-9-8-10-13-33/h8-10,12-13,15-18,29-32,36-42,46,71,86H,11,14,19-28,57H2,1-7H3,(H,61,77)(H,62,78)(H,63,72)(H,64,73)(H,65,79)(H,66,76)(H,67,81)(H,68,80)(H,69,83)(H,70,82)(H,74,75)(H,84,85)(H4,58,59,60)/t32-,36-,37-,38-,39-,40-,41-,42-,46-/m0/s1. The summed E-state index contributed by atoms with van der Waals surface area (Å²) in [6.07, 6.45) is -1.14. The van der Waals surface area contributed by atoms with Gasteiger partial charge < -0.3 is 85.7 Å². The number of thiol groups is 1. The normalized spacial score (nSPS) is 14.2. The number of nitrogens with one attached hydrogen (secondary N) is 10. The molecule has 476 valence electrons. The summed E-state index contributed by atoms with van der Waals surface area (Å²) in [4.78, 5) is 163. The number of amides is 10. The fourth-order valence-corrected chi connectivity index (χ4v) is 8.54. The maximum Gasteiger partial charge on any atom is 0.326 e. The largest absolute Gasteiger partial charge is 0.508 e. The van der Waals surface area contributed by atoms with Crippen LogP contribution in [0.1, 0.15) is 98.1 Å². The number of phenols is 1. The van der Waals surface area contributed by atoms with E-state index in [0.29, 0.717) is 11.1 Å². The number of aliphatic imine (C=N–C) groups is 1. The van der Waals surface area contributed by atoms with Gasteiger partial charge in [0.15, 0.2) is 5.96 Å². The quantitative estimate of drug-likeness (QED) is 0.0141. The molecular formula is C56H86N14O15S. The zero-order chi connectivity index (χ0) is 64.8. The summed E-state index contributed by atoms with van der Waals surface area (Å²) in [6, 6.07) is 2.51. The van der Waals surface area contributed by atoms with Crippen molar-refractivity contribution in [3.63, 3.8) is 0 Å². The van der Waals surface area contributed by atoms with Crippen LogP contribution in [0, 0.1) is 17.8 Å². The van der Waals surface area contributed by atoms with E-state index in [-0.39, 0.29) is 74.4 Å². The predicted molar refractivity (Wildman–Crippen MR) is 319 cm³/mol. The van der Waals surface area contributed by atoms with Gasteiger partial charge in [0, 0.05) is 31.6 Å². The third kappa shape index (κ3) is 28.4. The Morgan fingerprint density at radius 3 is 1.45 bits per heavy atom. The number of carbonyl (C=O) groups is 12. The second-order valence-electron chi connectivity index (χ2n) is 21.7. The molecule has 0 aliphatic heterocycles. The van der Waals surface area contributed by atoms with Crippen molar-refractivity contribution in [1.29, 1.82) is 0 Å². The van der Waals surface area contributed by atoms with Crippen LogP contribution in [0.4, 0.5) is 0 Å². The minimum absolute atomic E-state index is 0.00503. The molecule has 0 aromatic heterocycles. The van der Waals surface area contributed by atoms with E-state index in [4.69, 9.17) is 17.2 Å². The number of nitrogens with zero attached hydrogens (tertiary/aromatic N) is 1. The lowest BCUT2D eigenvalue weighted by molar-refractivity contribution is -0.142. The second-order valence-corrected chi connectivity index (χ2v) is 22.1. The number of guanidine groups is 1. The van der Waals surface area contributed by atoms with Gasteiger partial charge in [0.25, 0.3) is 0 Å². The molecule has 0 unspecified atom stereocenters. The zero-order valence-electron chi connectivity index (χ0n) is 49.5. The Kier molecular flexibility index (Phi) is 32.2. The lowest BCUT2D eigenvalue weighted by atomic mass is 9.98. The molecule has 0 saturated carbocycles. The summed E-state index contributed by atoms with van der Waals surface area (Å²) in [5, 5.41) is 54.0. The molecular weight excluding hydrogens is 1140 g/mol. The fourth-order valence-electron chi connectivity index (χ4n) is 8.28. The monoisotopic (exact) mass is 1230 g/mol. The number of phenolic OH excluding ortho intramolecular Hbond substituents is 1. The highest BCUT2D eigenvalue weighted by atomic mass is 32.1. The van der Waals surface area contributed by atoms with Crippen LogP contribution >= 0.6 is 12.6 Å². The van der Waals surface area contributed by atoms with Crippen LogP contribution in [-0.4, -0.2) is 172 Å². The number of benzene rings is 2. The Morgan fingerprint density at radius 2 is 0.953 bits per heavy atom. The maximum absolute atomic E-state index is 14.2. The molecule has 9 atom stereocenters. The van der Waals surface area contributed by atoms with E-state index in [9.17, 15) is 72.9 Å². The molecule has 0 heterocycles. The second kappa shape index (κ2) is 37.7. The average molecular weight is 1230 g/mol. The third-order valence-electron chi connectivity index (χ3n) is 12.8. The van der Waals surface area contributed by atoms with Gasteiger partial charge in [-0.05, 0) is 80.0 Å². The number of hydrogen-bond acceptors (Lipinski definition) is 16. The smallest absolute Gasteiger partial charge is 0.326 e. The van der Waals surface area contributed by atoms with Gasteiger partial charge >= 0.3 is 11.9 Å². The minimum Gasteiger partial charge on any atom is -0.508 e. The lowest BCUT2D eigenvalue weighted by Gasteiger charge is -2.29. The highest BCUT2D eigenvalue weighted by Gasteiger charge is 2.35. The topological polar surface area (TPSA) is 476 Å². The van der Waals surface area contributed by atoms with E-state index < -0.39 is 157 Å². The van der Waals surface area contributed by atoms with E-state index >= 15 is 0 Å². The van der Waals surface area contributed by atoms with Gasteiger partial charge in [-0.2, -0.15) is 12.6 Å². The number of carbonyl (C=O) groups excluding carboxylic acids is 10. The molecule has 30 heteroatoms. The van der Waals surface area contributed by atoms with Crippen molar-refractivity contribution in [2.75, 3.05) is 25.4 Å². The van der Waals surface area contributed by atoms with Gasteiger partial charge in [-0.15, -0.1) is 0 Å². The summed E-state index contributed by atoms with van der Waals surface area (Å²) in [5.74, 6) is -12.8. The van der Waals surface area contributed by atoms with Crippen molar-refractivity contribution >= 4 is 89.6 Å². The molecule has 0 radical (unpaired) electrons. The molecule has 0 spiro atoms. The fraction of sp³-hybridized carbons (Fsp3) is 0.554. The van der Waals surface area contributed by atoms with E-state index in [2.05, 4.69) is 70.8 Å². The van der Waals surface area contributed by atoms with E-state index in [0.717, 1.165) is 0 Å². The average Bonchev–Trinajstić information content (AvgIpc) is 3.21. The predicted octanol–water partition coefficient (Wildman–Crippen LogP) is -2.68. The molecule has 0 bridgehead atoms. The number of nitrogens with two attached hydrogens (primary N) is 3. The summed E-state index contributed by atoms with van der Waals surface area (Å²) in [5.41, 5.74) is 17.7. The first-order valence-corrected chi connectivity index (χ1v) is 28.7. The van der Waals surface area contributed by atoms with Crippen LogP contribution in [0.5, 0.6) is 5.75 Å².